The zero-order valence-corrected chi connectivity index (χ0v) is 26.8. The van der Waals surface area contributed by atoms with E-state index in [1.807, 2.05) is 42.5 Å². The number of halogens is 2. The van der Waals surface area contributed by atoms with Crippen LogP contribution in [0.5, 0.6) is 0 Å². The third kappa shape index (κ3) is 6.68. The summed E-state index contributed by atoms with van der Waals surface area (Å²) in [6.07, 6.45) is 10.5. The van der Waals surface area contributed by atoms with Crippen LogP contribution < -0.4 is 0 Å². The number of benzene rings is 3. The Kier molecular flexibility index (Phi) is 9.79. The fourth-order valence-electron chi connectivity index (χ4n) is 8.12. The fraction of sp³-hybridized carbons (Fsp3) is 0.486. The van der Waals surface area contributed by atoms with Crippen molar-refractivity contribution < 1.29 is 4.79 Å². The van der Waals surface area contributed by atoms with Gasteiger partial charge in [-0.25, -0.2) is 0 Å². The van der Waals surface area contributed by atoms with E-state index in [0.29, 0.717) is 16.6 Å². The minimum absolute atomic E-state index is 0.121. The first-order valence-corrected chi connectivity index (χ1v) is 17.1. The second-order valence-electron chi connectivity index (χ2n) is 13.0. The van der Waals surface area contributed by atoms with E-state index in [2.05, 4.69) is 51.1 Å². The maximum absolute atomic E-state index is 13.5. The van der Waals surface area contributed by atoms with Gasteiger partial charge in [0.1, 0.15) is 0 Å². The van der Waals surface area contributed by atoms with Crippen LogP contribution >= 0.6 is 23.2 Å². The Morgan fingerprint density at radius 3 is 2.09 bits per heavy atom. The molecule has 0 saturated carbocycles. The fourth-order valence-corrected chi connectivity index (χ4v) is 8.42. The molecule has 0 aliphatic carbocycles. The molecule has 1 unspecified atom stereocenters. The molecule has 3 fully saturated rings. The molecule has 4 nitrogen and oxygen atoms in total. The number of nitrogens with zero attached hydrogens (tertiary/aromatic N) is 3. The van der Waals surface area contributed by atoms with Gasteiger partial charge >= 0.3 is 0 Å². The summed E-state index contributed by atoms with van der Waals surface area (Å²) in [5.41, 5.74) is 3.51. The lowest BCUT2D eigenvalue weighted by Crippen LogP contribution is -2.54. The zero-order valence-electron chi connectivity index (χ0n) is 25.3. The first-order chi connectivity index (χ1) is 21.0. The topological polar surface area (TPSA) is 26.8 Å². The largest absolute Gasteiger partial charge is 0.338 e. The molecule has 6 rings (SSSR count). The Labute approximate surface area is 268 Å². The molecule has 0 bridgehead atoms. The van der Waals surface area contributed by atoms with Crippen molar-refractivity contribution in [2.75, 3.05) is 45.8 Å². The minimum atomic E-state index is -0.131. The lowest BCUT2D eigenvalue weighted by atomic mass is 9.70. The minimum Gasteiger partial charge on any atom is -0.338 e. The van der Waals surface area contributed by atoms with Crippen LogP contribution in [0.15, 0.2) is 78.9 Å². The van der Waals surface area contributed by atoms with Crippen LogP contribution in [0, 0.1) is 0 Å². The first-order valence-electron chi connectivity index (χ1n) is 16.3. The van der Waals surface area contributed by atoms with Gasteiger partial charge in [0.25, 0.3) is 5.91 Å². The van der Waals surface area contributed by atoms with E-state index in [4.69, 9.17) is 23.2 Å². The number of rotatable bonds is 8. The second kappa shape index (κ2) is 13.7. The summed E-state index contributed by atoms with van der Waals surface area (Å²) in [5.74, 6) is 0.121. The van der Waals surface area contributed by atoms with E-state index in [1.54, 1.807) is 0 Å². The summed E-state index contributed by atoms with van der Waals surface area (Å²) in [6.45, 7) is 7.29. The van der Waals surface area contributed by atoms with E-state index in [9.17, 15) is 4.79 Å². The number of hydrogen-bond acceptors (Lipinski definition) is 3. The average Bonchev–Trinajstić information content (AvgIpc) is 3.07. The molecule has 3 aromatic carbocycles. The van der Waals surface area contributed by atoms with E-state index in [-0.39, 0.29) is 16.9 Å². The highest BCUT2D eigenvalue weighted by molar-refractivity contribution is 6.42. The molecule has 1 amide bonds. The van der Waals surface area contributed by atoms with Gasteiger partial charge in [-0.1, -0.05) is 84.2 Å². The molecule has 3 aliphatic heterocycles. The smallest absolute Gasteiger partial charge is 0.253 e. The normalized spacial score (nSPS) is 23.3. The predicted octanol–water partition coefficient (Wildman–Crippen LogP) is 8.42. The van der Waals surface area contributed by atoms with Crippen LogP contribution in [0.3, 0.4) is 0 Å². The van der Waals surface area contributed by atoms with Crippen LogP contribution in [-0.2, 0) is 11.0 Å². The van der Waals surface area contributed by atoms with Crippen molar-refractivity contribution in [2.24, 2.45) is 0 Å². The van der Waals surface area contributed by atoms with Gasteiger partial charge in [0.15, 0.2) is 0 Å². The van der Waals surface area contributed by atoms with Crippen LogP contribution in [0.4, 0.5) is 0 Å². The number of likely N-dealkylation sites (tertiary alicyclic amines) is 3. The summed E-state index contributed by atoms with van der Waals surface area (Å²) < 4.78 is 0. The molecule has 3 saturated heterocycles. The van der Waals surface area contributed by atoms with Gasteiger partial charge in [-0.3, -0.25) is 9.69 Å². The molecule has 3 heterocycles. The molecule has 228 valence electrons. The maximum Gasteiger partial charge on any atom is 0.253 e. The van der Waals surface area contributed by atoms with Crippen molar-refractivity contribution in [1.29, 1.82) is 0 Å². The number of amides is 1. The van der Waals surface area contributed by atoms with Crippen molar-refractivity contribution in [2.45, 2.75) is 68.7 Å². The number of carbonyl (C=O) groups is 1. The maximum atomic E-state index is 13.5. The van der Waals surface area contributed by atoms with Gasteiger partial charge in [0, 0.05) is 42.7 Å². The van der Waals surface area contributed by atoms with Crippen molar-refractivity contribution >= 4 is 29.1 Å². The summed E-state index contributed by atoms with van der Waals surface area (Å²) in [4.78, 5) is 21.1. The average molecular weight is 619 g/mol. The van der Waals surface area contributed by atoms with Crippen LogP contribution in [0.25, 0.3) is 0 Å². The van der Waals surface area contributed by atoms with Crippen LogP contribution in [0.1, 0.15) is 79.3 Å². The van der Waals surface area contributed by atoms with Gasteiger partial charge in [0.05, 0.1) is 10.0 Å². The molecular formula is C37H45Cl2N3O. The van der Waals surface area contributed by atoms with Gasteiger partial charge < -0.3 is 9.80 Å². The Hall–Kier alpha value is -2.37. The molecule has 0 radical (unpaired) electrons. The third-order valence-electron chi connectivity index (χ3n) is 10.5. The summed E-state index contributed by atoms with van der Waals surface area (Å²) >= 11 is 12.9. The monoisotopic (exact) mass is 617 g/mol. The lowest BCUT2D eigenvalue weighted by Gasteiger charge is -2.51. The van der Waals surface area contributed by atoms with Crippen molar-refractivity contribution in [3.05, 3.63) is 106 Å². The van der Waals surface area contributed by atoms with Gasteiger partial charge in [-0.05, 0) is 106 Å². The quantitative estimate of drug-likeness (QED) is 0.254. The standard InChI is InChI=1S/C37H45Cl2N3O/c38-33-17-16-32(28-34(33)39)36(19-11-23-41(29-36)35(43)30-12-4-1-5-13-30)18-10-22-40-26-20-37(21-27-40,31-14-6-2-7-15-31)42-24-8-3-9-25-42/h1-2,4-7,12-17,28H,3,8-11,18-27,29H2. The third-order valence-corrected chi connectivity index (χ3v) is 11.2. The highest BCUT2D eigenvalue weighted by Gasteiger charge is 2.42. The summed E-state index contributed by atoms with van der Waals surface area (Å²) in [6, 6.07) is 27.1. The van der Waals surface area contributed by atoms with E-state index < -0.39 is 0 Å². The first kappa shape index (κ1) is 30.6. The molecule has 43 heavy (non-hydrogen) atoms. The molecule has 6 heteroatoms. The van der Waals surface area contributed by atoms with Gasteiger partial charge in [-0.2, -0.15) is 0 Å². The van der Waals surface area contributed by atoms with Crippen LogP contribution in [0.2, 0.25) is 10.0 Å². The molecule has 0 spiro atoms. The molecular weight excluding hydrogens is 573 g/mol. The van der Waals surface area contributed by atoms with Crippen LogP contribution in [-0.4, -0.2) is 66.4 Å². The SMILES string of the molecule is O=C(c1ccccc1)N1CCCC(CCCN2CCC(c3ccccc3)(N3CCCCC3)CC2)(c2ccc(Cl)c(Cl)c2)C1. The summed E-state index contributed by atoms with van der Waals surface area (Å²) in [5, 5.41) is 1.17. The molecule has 3 aromatic rings. The predicted molar refractivity (Wildman–Crippen MR) is 178 cm³/mol. The second-order valence-corrected chi connectivity index (χ2v) is 13.8. The van der Waals surface area contributed by atoms with Gasteiger partial charge in [-0.15, -0.1) is 0 Å². The Balaban J connectivity index is 1.15. The Bertz CT molecular complexity index is 1350. The number of piperidine rings is 3. The van der Waals surface area contributed by atoms with Crippen molar-refractivity contribution in [1.82, 2.24) is 14.7 Å². The van der Waals surface area contributed by atoms with Crippen molar-refractivity contribution in [3.8, 4) is 0 Å². The highest BCUT2D eigenvalue weighted by Crippen LogP contribution is 2.43. The molecule has 0 aromatic heterocycles. The molecule has 3 aliphatic rings. The molecule has 1 atom stereocenters. The van der Waals surface area contributed by atoms with E-state index >= 15 is 0 Å². The van der Waals surface area contributed by atoms with E-state index in [1.165, 1.54) is 56.3 Å². The molecule has 0 N–H and O–H groups in total. The lowest BCUT2D eigenvalue weighted by molar-refractivity contribution is 0.00369. The number of carbonyl (C=O) groups excluding carboxylic acids is 1. The Morgan fingerprint density at radius 2 is 1.40 bits per heavy atom. The number of hydrogen-bond donors (Lipinski definition) is 0. The van der Waals surface area contributed by atoms with E-state index in [0.717, 1.165) is 57.4 Å². The van der Waals surface area contributed by atoms with Crippen molar-refractivity contribution in [3.63, 3.8) is 0 Å². The van der Waals surface area contributed by atoms with Gasteiger partial charge in [0.2, 0.25) is 0 Å². The summed E-state index contributed by atoms with van der Waals surface area (Å²) in [7, 11) is 0. The highest BCUT2D eigenvalue weighted by atomic mass is 35.5. The Morgan fingerprint density at radius 1 is 0.698 bits per heavy atom. The zero-order chi connectivity index (χ0) is 29.7.